The molecule has 0 atom stereocenters. The lowest BCUT2D eigenvalue weighted by molar-refractivity contribution is 0.0517. The predicted molar refractivity (Wildman–Crippen MR) is 92.4 cm³/mol. The summed E-state index contributed by atoms with van der Waals surface area (Å²) in [5, 5.41) is 7.29. The van der Waals surface area contributed by atoms with E-state index in [1.807, 2.05) is 12.1 Å². The quantitative estimate of drug-likeness (QED) is 0.637. The molecule has 2 heterocycles. The first kappa shape index (κ1) is 17.5. The highest BCUT2D eigenvalue weighted by molar-refractivity contribution is 6.04. The second kappa shape index (κ2) is 7.68. The summed E-state index contributed by atoms with van der Waals surface area (Å²) in [4.78, 5) is 20.2. The molecule has 0 spiro atoms. The fourth-order valence-electron chi connectivity index (χ4n) is 2.44. The molecule has 0 radical (unpaired) electrons. The lowest BCUT2D eigenvalue weighted by Crippen LogP contribution is -2.08. The van der Waals surface area contributed by atoms with Crippen molar-refractivity contribution in [1.29, 1.82) is 0 Å². The average molecular weight is 358 g/mol. The Bertz CT molecular complexity index is 925. The van der Waals surface area contributed by atoms with Gasteiger partial charge in [-0.25, -0.2) is 9.78 Å². The van der Waals surface area contributed by atoms with Crippen LogP contribution in [-0.2, 0) is 11.3 Å². The van der Waals surface area contributed by atoms with Crippen LogP contribution in [0.1, 0.15) is 23.0 Å². The Morgan fingerprint density at radius 3 is 2.81 bits per heavy atom. The van der Waals surface area contributed by atoms with Gasteiger partial charge in [-0.05, 0) is 19.1 Å². The molecule has 0 amide bonds. The minimum absolute atomic E-state index is 0.0339. The van der Waals surface area contributed by atoms with Crippen molar-refractivity contribution in [3.05, 3.63) is 35.8 Å². The fourth-order valence-corrected chi connectivity index (χ4v) is 2.44. The number of hydrogen-bond donors (Lipinski definition) is 1. The third-order valence-corrected chi connectivity index (χ3v) is 3.68. The number of aromatic nitrogens is 3. The zero-order valence-electron chi connectivity index (χ0n) is 14.6. The maximum atomic E-state index is 12.1. The Morgan fingerprint density at radius 1 is 1.23 bits per heavy atom. The lowest BCUT2D eigenvalue weighted by Gasteiger charge is -2.12. The van der Waals surface area contributed by atoms with Gasteiger partial charge in [0.05, 0.1) is 20.8 Å². The van der Waals surface area contributed by atoms with Crippen LogP contribution >= 0.6 is 0 Å². The average Bonchev–Trinajstić information content (AvgIpc) is 3.11. The van der Waals surface area contributed by atoms with Gasteiger partial charge in [0, 0.05) is 18.2 Å². The molecule has 0 unspecified atom stereocenters. The molecule has 136 valence electrons. The molecular formula is C17H18N4O5. The van der Waals surface area contributed by atoms with Crippen molar-refractivity contribution in [2.24, 2.45) is 0 Å². The Kier molecular flexibility index (Phi) is 5.16. The van der Waals surface area contributed by atoms with Gasteiger partial charge < -0.3 is 24.1 Å². The van der Waals surface area contributed by atoms with Crippen LogP contribution in [0.25, 0.3) is 11.1 Å². The Balaban J connectivity index is 1.90. The molecule has 0 bridgehead atoms. The van der Waals surface area contributed by atoms with Crippen molar-refractivity contribution in [2.45, 2.75) is 13.5 Å². The summed E-state index contributed by atoms with van der Waals surface area (Å²) in [6, 6.07) is 5.50. The number of carbonyl (C=O) groups excluding carboxylic acids is 1. The van der Waals surface area contributed by atoms with E-state index in [4.69, 9.17) is 18.7 Å². The number of ether oxygens (including phenoxy) is 3. The van der Waals surface area contributed by atoms with E-state index in [0.717, 1.165) is 5.56 Å². The number of nitrogens with one attached hydrogen (secondary N) is 1. The number of anilines is 1. The summed E-state index contributed by atoms with van der Waals surface area (Å²) in [5.41, 5.74) is 1.12. The topological polar surface area (TPSA) is 109 Å². The molecule has 2 aromatic heterocycles. The molecule has 3 rings (SSSR count). The van der Waals surface area contributed by atoms with Gasteiger partial charge in [0.2, 0.25) is 5.69 Å². The van der Waals surface area contributed by atoms with E-state index in [2.05, 4.69) is 20.4 Å². The molecular weight excluding hydrogens is 340 g/mol. The maximum absolute atomic E-state index is 12.1. The molecule has 3 aromatic rings. The Morgan fingerprint density at radius 2 is 2.08 bits per heavy atom. The monoisotopic (exact) mass is 358 g/mol. The van der Waals surface area contributed by atoms with Crippen molar-refractivity contribution in [2.75, 3.05) is 26.1 Å². The molecule has 0 aliphatic heterocycles. The summed E-state index contributed by atoms with van der Waals surface area (Å²) in [6.45, 7) is 2.34. The summed E-state index contributed by atoms with van der Waals surface area (Å²) in [5.74, 6) is 1.18. The van der Waals surface area contributed by atoms with E-state index < -0.39 is 5.97 Å². The second-order valence-electron chi connectivity index (χ2n) is 5.19. The highest BCUT2D eigenvalue weighted by atomic mass is 16.5. The second-order valence-corrected chi connectivity index (χ2v) is 5.19. The molecule has 0 saturated carbocycles. The first-order chi connectivity index (χ1) is 12.7. The van der Waals surface area contributed by atoms with Crippen LogP contribution in [0.15, 0.2) is 29.0 Å². The normalized spacial score (nSPS) is 10.6. The number of rotatable bonds is 7. The van der Waals surface area contributed by atoms with Crippen molar-refractivity contribution in [1.82, 2.24) is 15.1 Å². The molecule has 9 heteroatoms. The largest absolute Gasteiger partial charge is 0.497 e. The van der Waals surface area contributed by atoms with Crippen LogP contribution in [0.3, 0.4) is 0 Å². The van der Waals surface area contributed by atoms with Gasteiger partial charge in [-0.2, -0.15) is 4.98 Å². The van der Waals surface area contributed by atoms with Gasteiger partial charge in [0.1, 0.15) is 29.0 Å². The summed E-state index contributed by atoms with van der Waals surface area (Å²) < 4.78 is 20.7. The third-order valence-electron chi connectivity index (χ3n) is 3.68. The Labute approximate surface area is 149 Å². The highest BCUT2D eigenvalue weighted by Crippen LogP contribution is 2.27. The number of fused-ring (bicyclic) bond motifs is 1. The highest BCUT2D eigenvalue weighted by Gasteiger charge is 2.22. The zero-order valence-corrected chi connectivity index (χ0v) is 14.6. The minimum atomic E-state index is -0.592. The smallest absolute Gasteiger partial charge is 0.361 e. The zero-order chi connectivity index (χ0) is 18.5. The van der Waals surface area contributed by atoms with Crippen LogP contribution in [0.5, 0.6) is 11.5 Å². The predicted octanol–water partition coefficient (Wildman–Crippen LogP) is 2.42. The number of benzene rings is 1. The van der Waals surface area contributed by atoms with E-state index in [1.165, 1.54) is 6.33 Å². The molecule has 0 aliphatic rings. The molecule has 9 nitrogen and oxygen atoms in total. The summed E-state index contributed by atoms with van der Waals surface area (Å²) >= 11 is 0. The van der Waals surface area contributed by atoms with Gasteiger partial charge in [0.25, 0.3) is 5.71 Å². The molecule has 1 aromatic carbocycles. The maximum Gasteiger partial charge on any atom is 0.361 e. The van der Waals surface area contributed by atoms with Gasteiger partial charge in [-0.15, -0.1) is 0 Å². The summed E-state index contributed by atoms with van der Waals surface area (Å²) in [6.07, 6.45) is 1.33. The number of methoxy groups -OCH3 is 2. The molecule has 0 aliphatic carbocycles. The molecule has 1 N–H and O–H groups in total. The van der Waals surface area contributed by atoms with E-state index in [-0.39, 0.29) is 18.0 Å². The van der Waals surface area contributed by atoms with Crippen molar-refractivity contribution in [3.8, 4) is 11.5 Å². The van der Waals surface area contributed by atoms with Gasteiger partial charge in [0.15, 0.2) is 0 Å². The van der Waals surface area contributed by atoms with Crippen molar-refractivity contribution >= 4 is 22.9 Å². The standard InChI is InChI=1S/C17H18N4O5/c1-4-25-17(22)14-13-15(19-9-20-16(13)26-21-14)18-8-10-5-6-11(23-2)7-12(10)24-3/h5-7,9H,4,8H2,1-3H3,(H,18,19,20). The van der Waals surface area contributed by atoms with E-state index in [0.29, 0.717) is 29.2 Å². The number of esters is 1. The van der Waals surface area contributed by atoms with Gasteiger partial charge in [-0.1, -0.05) is 5.16 Å². The van der Waals surface area contributed by atoms with Crippen molar-refractivity contribution in [3.63, 3.8) is 0 Å². The molecule has 26 heavy (non-hydrogen) atoms. The van der Waals surface area contributed by atoms with Crippen LogP contribution in [0.4, 0.5) is 5.82 Å². The third kappa shape index (κ3) is 3.37. The minimum Gasteiger partial charge on any atom is -0.497 e. The SMILES string of the molecule is CCOC(=O)c1noc2ncnc(NCc3ccc(OC)cc3OC)c12. The number of carbonyl (C=O) groups is 1. The van der Waals surface area contributed by atoms with Gasteiger partial charge >= 0.3 is 5.97 Å². The van der Waals surface area contributed by atoms with Crippen LogP contribution in [0, 0.1) is 0 Å². The van der Waals surface area contributed by atoms with E-state index in [1.54, 1.807) is 27.2 Å². The lowest BCUT2D eigenvalue weighted by atomic mass is 10.2. The van der Waals surface area contributed by atoms with Gasteiger partial charge in [-0.3, -0.25) is 0 Å². The molecule has 0 fully saturated rings. The van der Waals surface area contributed by atoms with Crippen molar-refractivity contribution < 1.29 is 23.5 Å². The van der Waals surface area contributed by atoms with E-state index >= 15 is 0 Å². The first-order valence-electron chi connectivity index (χ1n) is 7.90. The molecule has 0 saturated heterocycles. The van der Waals surface area contributed by atoms with Crippen LogP contribution in [0.2, 0.25) is 0 Å². The fraction of sp³-hybridized carbons (Fsp3) is 0.294. The Hall–Kier alpha value is -3.36. The number of hydrogen-bond acceptors (Lipinski definition) is 9. The first-order valence-corrected chi connectivity index (χ1v) is 7.90. The summed E-state index contributed by atoms with van der Waals surface area (Å²) in [7, 11) is 3.17. The number of nitrogens with zero attached hydrogens (tertiary/aromatic N) is 3. The van der Waals surface area contributed by atoms with Crippen LogP contribution < -0.4 is 14.8 Å². The van der Waals surface area contributed by atoms with E-state index in [9.17, 15) is 4.79 Å². The van der Waals surface area contributed by atoms with Crippen LogP contribution in [-0.4, -0.2) is 41.9 Å².